The largest absolute Gasteiger partial charge is 0.208 e. The highest BCUT2D eigenvalue weighted by Gasteiger charge is 2.14. The third-order valence-electron chi connectivity index (χ3n) is 8.71. The number of nitrogens with zero attached hydrogens (tertiary/aromatic N) is 3. The number of hydrogen-bond donors (Lipinski definition) is 0. The third kappa shape index (κ3) is 5.05. The van der Waals surface area contributed by atoms with Crippen molar-refractivity contribution in [3.63, 3.8) is 0 Å². The molecule has 0 aliphatic rings. The van der Waals surface area contributed by atoms with Crippen molar-refractivity contribution in [1.29, 1.82) is 0 Å². The molecule has 0 amide bonds. The van der Waals surface area contributed by atoms with Gasteiger partial charge in [-0.1, -0.05) is 133 Å². The minimum Gasteiger partial charge on any atom is -0.208 e. The maximum absolute atomic E-state index is 4.95. The molecule has 0 unspecified atom stereocenters. The molecule has 0 aliphatic heterocycles. The molecule has 0 saturated heterocycles. The van der Waals surface area contributed by atoms with E-state index >= 15 is 0 Å². The fraction of sp³-hybridized carbons (Fsp3) is 0. The Morgan fingerprint density at radius 3 is 1.47 bits per heavy atom. The monoisotopic (exact) mass is 617 g/mol. The van der Waals surface area contributed by atoms with Gasteiger partial charge >= 0.3 is 0 Å². The van der Waals surface area contributed by atoms with Crippen LogP contribution in [0.15, 0.2) is 164 Å². The molecule has 0 N–H and O–H groups in total. The Balaban J connectivity index is 1.13. The molecule has 0 saturated carbocycles. The Morgan fingerprint density at radius 2 is 0.809 bits per heavy atom. The van der Waals surface area contributed by atoms with Gasteiger partial charge in [-0.15, -0.1) is 11.3 Å². The maximum Gasteiger partial charge on any atom is 0.164 e. The molecule has 2 aromatic heterocycles. The van der Waals surface area contributed by atoms with E-state index in [-0.39, 0.29) is 0 Å². The summed E-state index contributed by atoms with van der Waals surface area (Å²) in [6.45, 7) is 0. The highest BCUT2D eigenvalue weighted by atomic mass is 32.1. The lowest BCUT2D eigenvalue weighted by Gasteiger charge is -2.11. The summed E-state index contributed by atoms with van der Waals surface area (Å²) in [5.74, 6) is 1.97. The van der Waals surface area contributed by atoms with Gasteiger partial charge in [-0.3, -0.25) is 0 Å². The van der Waals surface area contributed by atoms with E-state index in [0.717, 1.165) is 27.8 Å². The van der Waals surface area contributed by atoms with Gasteiger partial charge in [0.05, 0.1) is 0 Å². The summed E-state index contributed by atoms with van der Waals surface area (Å²) >= 11 is 1.86. The standard InChI is InChI=1S/C43H27N3S/c1-3-11-29(12-4-1)41-44-42(30-13-5-2-6-14-30)46-43(45-41)35-18-10-17-33(26-35)31-15-9-16-32(25-31)34-22-21-28-23-24-39-40(37(28)27-34)36-19-7-8-20-38(36)47-39/h1-27H. The van der Waals surface area contributed by atoms with E-state index in [1.807, 2.05) is 72.0 Å². The van der Waals surface area contributed by atoms with Gasteiger partial charge in [0.15, 0.2) is 17.5 Å². The van der Waals surface area contributed by atoms with E-state index in [1.165, 1.54) is 42.1 Å². The van der Waals surface area contributed by atoms with Crippen molar-refractivity contribution >= 4 is 42.3 Å². The zero-order valence-corrected chi connectivity index (χ0v) is 26.2. The van der Waals surface area contributed by atoms with Crippen molar-refractivity contribution in [2.45, 2.75) is 0 Å². The topological polar surface area (TPSA) is 38.7 Å². The van der Waals surface area contributed by atoms with Crippen molar-refractivity contribution in [3.05, 3.63) is 164 Å². The molecular weight excluding hydrogens is 591 g/mol. The Labute approximate surface area is 276 Å². The lowest BCUT2D eigenvalue weighted by molar-refractivity contribution is 1.07. The third-order valence-corrected chi connectivity index (χ3v) is 9.85. The van der Waals surface area contributed by atoms with Gasteiger partial charge in [-0.05, 0) is 63.4 Å². The number of fused-ring (bicyclic) bond motifs is 5. The van der Waals surface area contributed by atoms with Gasteiger partial charge < -0.3 is 0 Å². The lowest BCUT2D eigenvalue weighted by atomic mass is 9.95. The Morgan fingerprint density at radius 1 is 0.319 bits per heavy atom. The van der Waals surface area contributed by atoms with Crippen LogP contribution in [0, 0.1) is 0 Å². The molecule has 0 bridgehead atoms. The van der Waals surface area contributed by atoms with Crippen LogP contribution in [-0.4, -0.2) is 15.0 Å². The Bertz CT molecular complexity index is 2510. The average molecular weight is 618 g/mol. The second kappa shape index (κ2) is 11.4. The van der Waals surface area contributed by atoms with Crippen molar-refractivity contribution in [3.8, 4) is 56.4 Å². The number of thiophene rings is 1. The van der Waals surface area contributed by atoms with Crippen molar-refractivity contribution in [2.24, 2.45) is 0 Å². The number of benzene rings is 7. The van der Waals surface area contributed by atoms with Crippen LogP contribution in [0.5, 0.6) is 0 Å². The quantitative estimate of drug-likeness (QED) is 0.193. The van der Waals surface area contributed by atoms with Crippen molar-refractivity contribution in [2.75, 3.05) is 0 Å². The van der Waals surface area contributed by atoms with Crippen LogP contribution in [0.1, 0.15) is 0 Å². The van der Waals surface area contributed by atoms with Gasteiger partial charge in [-0.2, -0.15) is 0 Å². The fourth-order valence-corrected chi connectivity index (χ4v) is 7.50. The molecule has 0 radical (unpaired) electrons. The summed E-state index contributed by atoms with van der Waals surface area (Å²) in [7, 11) is 0. The van der Waals surface area contributed by atoms with Gasteiger partial charge in [-0.25, -0.2) is 15.0 Å². The first-order valence-electron chi connectivity index (χ1n) is 15.7. The normalized spacial score (nSPS) is 11.4. The molecule has 7 aromatic carbocycles. The summed E-state index contributed by atoms with van der Waals surface area (Å²) in [6, 6.07) is 57.5. The summed E-state index contributed by atoms with van der Waals surface area (Å²) in [5, 5.41) is 5.22. The second-order valence-electron chi connectivity index (χ2n) is 11.7. The van der Waals surface area contributed by atoms with Crippen LogP contribution < -0.4 is 0 Å². The van der Waals surface area contributed by atoms with Crippen LogP contribution in [0.2, 0.25) is 0 Å². The second-order valence-corrected chi connectivity index (χ2v) is 12.8. The molecular formula is C43H27N3S. The predicted molar refractivity (Wildman–Crippen MR) is 197 cm³/mol. The zero-order valence-electron chi connectivity index (χ0n) is 25.3. The van der Waals surface area contributed by atoms with E-state index in [9.17, 15) is 0 Å². The first kappa shape index (κ1) is 27.3. The molecule has 0 atom stereocenters. The van der Waals surface area contributed by atoms with Crippen LogP contribution >= 0.6 is 11.3 Å². The van der Waals surface area contributed by atoms with E-state index < -0.39 is 0 Å². The molecule has 9 rings (SSSR count). The summed E-state index contributed by atoms with van der Waals surface area (Å²) in [6.07, 6.45) is 0. The highest BCUT2D eigenvalue weighted by molar-refractivity contribution is 7.26. The van der Waals surface area contributed by atoms with Crippen LogP contribution in [0.4, 0.5) is 0 Å². The molecule has 0 spiro atoms. The number of aromatic nitrogens is 3. The van der Waals surface area contributed by atoms with Gasteiger partial charge in [0.1, 0.15) is 0 Å². The maximum atomic E-state index is 4.95. The van der Waals surface area contributed by atoms with E-state index in [4.69, 9.17) is 15.0 Å². The Hall–Kier alpha value is -5.97. The lowest BCUT2D eigenvalue weighted by Crippen LogP contribution is -2.00. The van der Waals surface area contributed by atoms with Gasteiger partial charge in [0.2, 0.25) is 0 Å². The molecule has 9 aromatic rings. The first-order chi connectivity index (χ1) is 23.3. The number of hydrogen-bond acceptors (Lipinski definition) is 4. The Kier molecular flexibility index (Phi) is 6.65. The first-order valence-corrected chi connectivity index (χ1v) is 16.5. The van der Waals surface area contributed by atoms with E-state index in [2.05, 4.69) is 103 Å². The van der Waals surface area contributed by atoms with Crippen LogP contribution in [0.3, 0.4) is 0 Å². The summed E-state index contributed by atoms with van der Waals surface area (Å²) < 4.78 is 2.65. The van der Waals surface area contributed by atoms with E-state index in [1.54, 1.807) is 0 Å². The SMILES string of the molecule is c1ccc(-c2nc(-c3ccccc3)nc(-c3cccc(-c4cccc(-c5ccc6ccc7sc8ccccc8c7c6c5)c4)c3)n2)cc1. The summed E-state index contributed by atoms with van der Waals surface area (Å²) in [4.78, 5) is 14.8. The van der Waals surface area contributed by atoms with Crippen LogP contribution in [-0.2, 0) is 0 Å². The van der Waals surface area contributed by atoms with Crippen molar-refractivity contribution < 1.29 is 0 Å². The van der Waals surface area contributed by atoms with E-state index in [0.29, 0.717) is 17.5 Å². The molecule has 0 fully saturated rings. The highest BCUT2D eigenvalue weighted by Crippen LogP contribution is 2.40. The van der Waals surface area contributed by atoms with Crippen LogP contribution in [0.25, 0.3) is 87.4 Å². The summed E-state index contributed by atoms with van der Waals surface area (Å²) in [5.41, 5.74) is 7.51. The number of rotatable bonds is 5. The zero-order chi connectivity index (χ0) is 31.2. The average Bonchev–Trinajstić information content (AvgIpc) is 3.55. The molecule has 4 heteroatoms. The smallest absolute Gasteiger partial charge is 0.164 e. The molecule has 47 heavy (non-hydrogen) atoms. The van der Waals surface area contributed by atoms with Gasteiger partial charge in [0, 0.05) is 36.9 Å². The van der Waals surface area contributed by atoms with Gasteiger partial charge in [0.25, 0.3) is 0 Å². The minimum absolute atomic E-state index is 0.650. The minimum atomic E-state index is 0.650. The fourth-order valence-electron chi connectivity index (χ4n) is 6.38. The van der Waals surface area contributed by atoms with Crippen molar-refractivity contribution in [1.82, 2.24) is 15.0 Å². The molecule has 2 heterocycles. The molecule has 220 valence electrons. The predicted octanol–water partition coefficient (Wildman–Crippen LogP) is 11.7. The molecule has 0 aliphatic carbocycles. The molecule has 3 nitrogen and oxygen atoms in total.